The van der Waals surface area contributed by atoms with E-state index in [1.54, 1.807) is 7.11 Å². The summed E-state index contributed by atoms with van der Waals surface area (Å²) in [5.74, 6) is 0. The molecule has 2 nitrogen and oxygen atoms in total. The SMILES string of the molecule is COCC(C)NC(C)c1ccc(C)cc1. The second-order valence-electron chi connectivity index (χ2n) is 4.16. The first-order chi connectivity index (χ1) is 7.13. The third kappa shape index (κ3) is 4.02. The highest BCUT2D eigenvalue weighted by Crippen LogP contribution is 2.13. The number of rotatable bonds is 5. The molecule has 0 heterocycles. The van der Waals surface area contributed by atoms with Crippen LogP contribution in [0.4, 0.5) is 0 Å². The second kappa shape index (κ2) is 5.89. The molecule has 0 fully saturated rings. The first-order valence-electron chi connectivity index (χ1n) is 5.45. The summed E-state index contributed by atoms with van der Waals surface area (Å²) in [5, 5.41) is 3.49. The summed E-state index contributed by atoms with van der Waals surface area (Å²) < 4.78 is 5.10. The van der Waals surface area contributed by atoms with E-state index in [1.165, 1.54) is 11.1 Å². The Labute approximate surface area is 92.6 Å². The topological polar surface area (TPSA) is 21.3 Å². The van der Waals surface area contributed by atoms with Crippen molar-refractivity contribution in [2.24, 2.45) is 0 Å². The Morgan fingerprint density at radius 1 is 1.20 bits per heavy atom. The van der Waals surface area contributed by atoms with Gasteiger partial charge in [-0.15, -0.1) is 0 Å². The Hall–Kier alpha value is -0.860. The van der Waals surface area contributed by atoms with E-state index in [0.717, 1.165) is 6.61 Å². The van der Waals surface area contributed by atoms with Crippen LogP contribution in [0.2, 0.25) is 0 Å². The first-order valence-corrected chi connectivity index (χ1v) is 5.45. The van der Waals surface area contributed by atoms with Gasteiger partial charge in [-0.3, -0.25) is 0 Å². The van der Waals surface area contributed by atoms with Gasteiger partial charge < -0.3 is 10.1 Å². The van der Waals surface area contributed by atoms with Crippen molar-refractivity contribution in [3.63, 3.8) is 0 Å². The molecular formula is C13H21NO. The van der Waals surface area contributed by atoms with E-state index >= 15 is 0 Å². The third-order valence-corrected chi connectivity index (χ3v) is 2.53. The average molecular weight is 207 g/mol. The molecule has 1 aromatic carbocycles. The molecule has 0 aromatic heterocycles. The van der Waals surface area contributed by atoms with Crippen LogP contribution in [0.3, 0.4) is 0 Å². The first kappa shape index (κ1) is 12.2. The third-order valence-electron chi connectivity index (χ3n) is 2.53. The number of hydrogen-bond acceptors (Lipinski definition) is 2. The molecule has 0 saturated heterocycles. The van der Waals surface area contributed by atoms with Crippen LogP contribution < -0.4 is 5.32 Å². The number of ether oxygens (including phenoxy) is 1. The Balaban J connectivity index is 2.53. The highest BCUT2D eigenvalue weighted by atomic mass is 16.5. The van der Waals surface area contributed by atoms with Gasteiger partial charge in [0, 0.05) is 19.2 Å². The molecule has 15 heavy (non-hydrogen) atoms. The van der Waals surface area contributed by atoms with E-state index in [4.69, 9.17) is 4.74 Å². The summed E-state index contributed by atoms with van der Waals surface area (Å²) in [4.78, 5) is 0. The van der Waals surface area contributed by atoms with E-state index in [2.05, 4.69) is 50.4 Å². The van der Waals surface area contributed by atoms with Crippen LogP contribution in [0.25, 0.3) is 0 Å². The predicted molar refractivity (Wildman–Crippen MR) is 64.1 cm³/mol. The summed E-state index contributed by atoms with van der Waals surface area (Å²) in [7, 11) is 1.73. The minimum atomic E-state index is 0.371. The second-order valence-corrected chi connectivity index (χ2v) is 4.16. The van der Waals surface area contributed by atoms with Crippen LogP contribution in [0, 0.1) is 6.92 Å². The molecule has 0 amide bonds. The minimum Gasteiger partial charge on any atom is -0.383 e. The van der Waals surface area contributed by atoms with Crippen molar-refractivity contribution in [3.05, 3.63) is 35.4 Å². The normalized spacial score (nSPS) is 14.9. The van der Waals surface area contributed by atoms with Gasteiger partial charge in [0.2, 0.25) is 0 Å². The number of aryl methyl sites for hydroxylation is 1. The van der Waals surface area contributed by atoms with E-state index in [1.807, 2.05) is 0 Å². The van der Waals surface area contributed by atoms with Crippen molar-refractivity contribution in [1.29, 1.82) is 0 Å². The fourth-order valence-electron chi connectivity index (χ4n) is 1.68. The van der Waals surface area contributed by atoms with Gasteiger partial charge in [0.15, 0.2) is 0 Å². The molecule has 2 atom stereocenters. The number of methoxy groups -OCH3 is 1. The zero-order valence-electron chi connectivity index (χ0n) is 10.1. The molecule has 1 rings (SSSR count). The van der Waals surface area contributed by atoms with Gasteiger partial charge in [-0.2, -0.15) is 0 Å². The lowest BCUT2D eigenvalue weighted by Gasteiger charge is -2.19. The van der Waals surface area contributed by atoms with E-state index in [-0.39, 0.29) is 0 Å². The maximum atomic E-state index is 5.10. The highest BCUT2D eigenvalue weighted by Gasteiger charge is 2.08. The fraction of sp³-hybridized carbons (Fsp3) is 0.538. The fourth-order valence-corrected chi connectivity index (χ4v) is 1.68. The number of benzene rings is 1. The lowest BCUT2D eigenvalue weighted by Crippen LogP contribution is -2.32. The van der Waals surface area contributed by atoms with Gasteiger partial charge in [-0.05, 0) is 26.3 Å². The van der Waals surface area contributed by atoms with Gasteiger partial charge in [-0.1, -0.05) is 29.8 Å². The Kier molecular flexibility index (Phi) is 4.79. The maximum Gasteiger partial charge on any atom is 0.0613 e. The average Bonchev–Trinajstić information content (AvgIpc) is 2.18. The molecule has 0 aliphatic heterocycles. The zero-order valence-corrected chi connectivity index (χ0v) is 10.1. The van der Waals surface area contributed by atoms with E-state index in [0.29, 0.717) is 12.1 Å². The van der Waals surface area contributed by atoms with Crippen molar-refractivity contribution in [1.82, 2.24) is 5.32 Å². The molecule has 0 aliphatic rings. The molecule has 0 saturated carbocycles. The summed E-state index contributed by atoms with van der Waals surface area (Å²) in [5.41, 5.74) is 2.62. The largest absolute Gasteiger partial charge is 0.383 e. The van der Waals surface area contributed by atoms with Crippen LogP contribution in [-0.2, 0) is 4.74 Å². The summed E-state index contributed by atoms with van der Waals surface area (Å²) in [6, 6.07) is 9.39. The quantitative estimate of drug-likeness (QED) is 0.801. The van der Waals surface area contributed by atoms with Crippen molar-refractivity contribution >= 4 is 0 Å². The van der Waals surface area contributed by atoms with Crippen molar-refractivity contribution < 1.29 is 4.74 Å². The number of hydrogen-bond donors (Lipinski definition) is 1. The van der Waals surface area contributed by atoms with Gasteiger partial charge >= 0.3 is 0 Å². The molecule has 1 N–H and O–H groups in total. The summed E-state index contributed by atoms with van der Waals surface area (Å²) in [6.07, 6.45) is 0. The maximum absolute atomic E-state index is 5.10. The van der Waals surface area contributed by atoms with Crippen LogP contribution in [0.5, 0.6) is 0 Å². The summed E-state index contributed by atoms with van der Waals surface area (Å²) >= 11 is 0. The minimum absolute atomic E-state index is 0.371. The highest BCUT2D eigenvalue weighted by molar-refractivity contribution is 5.23. The molecule has 1 aromatic rings. The van der Waals surface area contributed by atoms with Crippen molar-refractivity contribution in [2.75, 3.05) is 13.7 Å². The molecule has 0 radical (unpaired) electrons. The van der Waals surface area contributed by atoms with Gasteiger partial charge in [0.05, 0.1) is 6.61 Å². The van der Waals surface area contributed by atoms with Crippen LogP contribution in [0.15, 0.2) is 24.3 Å². The summed E-state index contributed by atoms with van der Waals surface area (Å²) in [6.45, 7) is 7.16. The van der Waals surface area contributed by atoms with Crippen LogP contribution >= 0.6 is 0 Å². The molecule has 0 aliphatic carbocycles. The van der Waals surface area contributed by atoms with Gasteiger partial charge in [0.25, 0.3) is 0 Å². The number of nitrogens with one attached hydrogen (secondary N) is 1. The predicted octanol–water partition coefficient (Wildman–Crippen LogP) is 2.68. The van der Waals surface area contributed by atoms with Crippen LogP contribution in [0.1, 0.15) is 31.0 Å². The molecule has 84 valence electrons. The standard InChI is InChI=1S/C13H21NO/c1-10-5-7-13(8-6-10)12(3)14-11(2)9-15-4/h5-8,11-12,14H,9H2,1-4H3. The molecule has 0 spiro atoms. The van der Waals surface area contributed by atoms with Crippen molar-refractivity contribution in [3.8, 4) is 0 Å². The lowest BCUT2D eigenvalue weighted by molar-refractivity contribution is 0.168. The monoisotopic (exact) mass is 207 g/mol. The van der Waals surface area contributed by atoms with Crippen molar-refractivity contribution in [2.45, 2.75) is 32.9 Å². The van der Waals surface area contributed by atoms with Gasteiger partial charge in [-0.25, -0.2) is 0 Å². The Morgan fingerprint density at radius 2 is 1.80 bits per heavy atom. The van der Waals surface area contributed by atoms with Gasteiger partial charge in [0.1, 0.15) is 0 Å². The van der Waals surface area contributed by atoms with Crippen LogP contribution in [-0.4, -0.2) is 19.8 Å². The Bertz CT molecular complexity index is 281. The molecular weight excluding hydrogens is 186 g/mol. The smallest absolute Gasteiger partial charge is 0.0613 e. The Morgan fingerprint density at radius 3 is 2.33 bits per heavy atom. The van der Waals surface area contributed by atoms with E-state index in [9.17, 15) is 0 Å². The molecule has 2 unspecified atom stereocenters. The molecule has 0 bridgehead atoms. The molecule has 2 heteroatoms. The zero-order chi connectivity index (χ0) is 11.3. The van der Waals surface area contributed by atoms with E-state index < -0.39 is 0 Å². The lowest BCUT2D eigenvalue weighted by atomic mass is 10.1.